The van der Waals surface area contributed by atoms with Gasteiger partial charge >= 0.3 is 5.69 Å². The first-order valence-corrected chi connectivity index (χ1v) is 12.0. The molecule has 0 unspecified atom stereocenters. The molecule has 0 aliphatic carbocycles. The predicted molar refractivity (Wildman–Crippen MR) is 142 cm³/mol. The molecule has 1 heterocycles. The number of nitrogens with zero attached hydrogens (tertiary/aromatic N) is 3. The molecule has 0 atom stereocenters. The highest BCUT2D eigenvalue weighted by Crippen LogP contribution is 2.37. The van der Waals surface area contributed by atoms with Gasteiger partial charge in [-0.1, -0.05) is 54.6 Å². The first-order valence-electron chi connectivity index (χ1n) is 11.2. The minimum atomic E-state index is -0.766. The molecule has 1 aliphatic rings. The molecule has 188 valence electrons. The molecule has 1 fully saturated rings. The number of non-ortho nitro benzene ring substituents is 1. The number of ether oxygens (including phenoxy) is 1. The number of nitro groups is 2. The topological polar surface area (TPSA) is 133 Å². The van der Waals surface area contributed by atoms with Crippen LogP contribution in [0.2, 0.25) is 0 Å². The van der Waals surface area contributed by atoms with Crippen molar-refractivity contribution in [2.24, 2.45) is 0 Å². The number of thioether (sulfide) groups is 1. The van der Waals surface area contributed by atoms with Crippen LogP contribution in [-0.2, 0) is 11.3 Å². The van der Waals surface area contributed by atoms with Crippen LogP contribution in [0, 0.1) is 20.2 Å². The zero-order valence-electron chi connectivity index (χ0n) is 19.5. The molecule has 5 rings (SSSR count). The maximum atomic E-state index is 13.1. The molecule has 10 nitrogen and oxygen atoms in total. The highest BCUT2D eigenvalue weighted by molar-refractivity contribution is 8.18. The lowest BCUT2D eigenvalue weighted by Gasteiger charge is -2.14. The minimum absolute atomic E-state index is 0.135. The monoisotopic (exact) mass is 527 g/mol. The van der Waals surface area contributed by atoms with Crippen molar-refractivity contribution >= 4 is 51.1 Å². The summed E-state index contributed by atoms with van der Waals surface area (Å²) in [6, 6.07) is 23.0. The van der Waals surface area contributed by atoms with E-state index < -0.39 is 27.1 Å². The summed E-state index contributed by atoms with van der Waals surface area (Å²) in [5, 5.41) is 24.0. The van der Waals surface area contributed by atoms with Crippen LogP contribution in [0.5, 0.6) is 11.5 Å². The molecule has 4 aromatic rings. The SMILES string of the molecule is O=C1S/C(=C\c2cccc(Oc3ccc([N+](=O)[O-])cc3[N+](=O)[O-])c2)C(=O)N1Cc1cccc2ccccc12. The number of imide groups is 1. The van der Waals surface area contributed by atoms with Crippen LogP contribution in [-0.4, -0.2) is 25.9 Å². The van der Waals surface area contributed by atoms with Gasteiger partial charge < -0.3 is 4.74 Å². The summed E-state index contributed by atoms with van der Waals surface area (Å²) in [6.45, 7) is 0.135. The molecular weight excluding hydrogens is 510 g/mol. The van der Waals surface area contributed by atoms with Crippen molar-refractivity contribution in [3.05, 3.63) is 121 Å². The van der Waals surface area contributed by atoms with Gasteiger partial charge in [0.25, 0.3) is 16.8 Å². The Morgan fingerprint density at radius 2 is 1.63 bits per heavy atom. The third kappa shape index (κ3) is 4.95. The van der Waals surface area contributed by atoms with E-state index in [2.05, 4.69) is 0 Å². The normalized spacial score (nSPS) is 14.3. The second kappa shape index (κ2) is 10.1. The fourth-order valence-corrected chi connectivity index (χ4v) is 4.87. The van der Waals surface area contributed by atoms with E-state index in [0.717, 1.165) is 46.3 Å². The highest BCUT2D eigenvalue weighted by atomic mass is 32.2. The highest BCUT2D eigenvalue weighted by Gasteiger charge is 2.35. The summed E-state index contributed by atoms with van der Waals surface area (Å²) >= 11 is 0.826. The van der Waals surface area contributed by atoms with Crippen molar-refractivity contribution in [1.29, 1.82) is 0 Å². The van der Waals surface area contributed by atoms with Crippen molar-refractivity contribution in [2.75, 3.05) is 0 Å². The summed E-state index contributed by atoms with van der Waals surface area (Å²) in [6.07, 6.45) is 1.55. The number of hydrogen-bond acceptors (Lipinski definition) is 8. The van der Waals surface area contributed by atoms with E-state index in [1.54, 1.807) is 30.3 Å². The van der Waals surface area contributed by atoms with Gasteiger partial charge in [-0.15, -0.1) is 0 Å². The molecule has 1 saturated heterocycles. The molecule has 0 spiro atoms. The zero-order chi connectivity index (χ0) is 26.8. The number of hydrogen-bond donors (Lipinski definition) is 0. The van der Waals surface area contributed by atoms with Gasteiger partial charge in [0.2, 0.25) is 5.75 Å². The van der Waals surface area contributed by atoms with Gasteiger partial charge in [0.15, 0.2) is 0 Å². The van der Waals surface area contributed by atoms with Crippen LogP contribution >= 0.6 is 11.8 Å². The quantitative estimate of drug-likeness (QED) is 0.148. The Labute approximate surface area is 219 Å². The first kappa shape index (κ1) is 24.7. The predicted octanol–water partition coefficient (Wildman–Crippen LogP) is 6.69. The minimum Gasteiger partial charge on any atom is -0.450 e. The summed E-state index contributed by atoms with van der Waals surface area (Å²) < 4.78 is 5.64. The van der Waals surface area contributed by atoms with E-state index in [9.17, 15) is 29.8 Å². The summed E-state index contributed by atoms with van der Waals surface area (Å²) in [5.41, 5.74) is 0.394. The Kier molecular flexibility index (Phi) is 6.58. The van der Waals surface area contributed by atoms with Gasteiger partial charge in [-0.25, -0.2) is 0 Å². The molecule has 2 amide bonds. The molecule has 0 radical (unpaired) electrons. The molecule has 1 aliphatic heterocycles. The van der Waals surface area contributed by atoms with Gasteiger partial charge in [-0.2, -0.15) is 0 Å². The summed E-state index contributed by atoms with van der Waals surface area (Å²) in [4.78, 5) is 48.1. The second-order valence-corrected chi connectivity index (χ2v) is 9.24. The Hall–Kier alpha value is -5.03. The molecular formula is C27H17N3O7S. The van der Waals surface area contributed by atoms with Crippen LogP contribution in [0.25, 0.3) is 16.8 Å². The fourth-order valence-electron chi connectivity index (χ4n) is 4.03. The Balaban J connectivity index is 1.38. The number of carbonyl (C=O) groups excluding carboxylic acids is 2. The molecule has 0 aromatic heterocycles. The number of nitro benzene ring substituents is 2. The lowest BCUT2D eigenvalue weighted by molar-refractivity contribution is -0.394. The first-order chi connectivity index (χ1) is 18.3. The second-order valence-electron chi connectivity index (χ2n) is 8.25. The van der Waals surface area contributed by atoms with E-state index in [-0.39, 0.29) is 28.2 Å². The van der Waals surface area contributed by atoms with Crippen LogP contribution in [0.15, 0.2) is 89.8 Å². The van der Waals surface area contributed by atoms with Crippen molar-refractivity contribution in [3.8, 4) is 11.5 Å². The summed E-state index contributed by atoms with van der Waals surface area (Å²) in [5.74, 6) is -0.385. The number of benzene rings is 4. The van der Waals surface area contributed by atoms with Gasteiger partial charge in [0, 0.05) is 6.07 Å². The van der Waals surface area contributed by atoms with E-state index in [4.69, 9.17) is 4.74 Å². The molecule has 0 N–H and O–H groups in total. The summed E-state index contributed by atoms with van der Waals surface area (Å²) in [7, 11) is 0. The van der Waals surface area contributed by atoms with Crippen molar-refractivity contribution in [2.45, 2.75) is 6.54 Å². The Bertz CT molecular complexity index is 1660. The van der Waals surface area contributed by atoms with Crippen LogP contribution < -0.4 is 4.74 Å². The van der Waals surface area contributed by atoms with E-state index in [1.165, 1.54) is 4.90 Å². The average molecular weight is 528 g/mol. The molecule has 11 heteroatoms. The van der Waals surface area contributed by atoms with Crippen LogP contribution in [0.4, 0.5) is 16.2 Å². The third-order valence-corrected chi connectivity index (χ3v) is 6.72. The van der Waals surface area contributed by atoms with Crippen molar-refractivity contribution < 1.29 is 24.2 Å². The number of rotatable bonds is 7. The Morgan fingerprint density at radius 3 is 2.42 bits per heavy atom. The van der Waals surface area contributed by atoms with Gasteiger partial charge in [0.1, 0.15) is 5.75 Å². The lowest BCUT2D eigenvalue weighted by atomic mass is 10.0. The Morgan fingerprint density at radius 1 is 0.868 bits per heavy atom. The lowest BCUT2D eigenvalue weighted by Crippen LogP contribution is -2.27. The van der Waals surface area contributed by atoms with Crippen molar-refractivity contribution in [1.82, 2.24) is 4.90 Å². The zero-order valence-corrected chi connectivity index (χ0v) is 20.3. The third-order valence-electron chi connectivity index (χ3n) is 5.82. The van der Waals surface area contributed by atoms with Gasteiger partial charge in [0.05, 0.1) is 27.4 Å². The number of amides is 2. The molecule has 38 heavy (non-hydrogen) atoms. The van der Waals surface area contributed by atoms with E-state index in [1.807, 2.05) is 42.5 Å². The standard InChI is InChI=1S/C27H17N3O7S/c31-26-25(38-27(32)28(26)16-19-8-4-7-18-6-1-2-10-22(18)19)14-17-5-3-9-21(13-17)37-24-12-11-20(29(33)34)15-23(24)30(35)36/h1-15H,16H2/b25-14-. The van der Waals surface area contributed by atoms with Crippen molar-refractivity contribution in [3.63, 3.8) is 0 Å². The van der Waals surface area contributed by atoms with Crippen LogP contribution in [0.3, 0.4) is 0 Å². The molecule has 0 bridgehead atoms. The van der Waals surface area contributed by atoms with Gasteiger partial charge in [-0.3, -0.25) is 34.7 Å². The molecule has 0 saturated carbocycles. The average Bonchev–Trinajstić information content (AvgIpc) is 3.16. The largest absolute Gasteiger partial charge is 0.450 e. The van der Waals surface area contributed by atoms with E-state index in [0.29, 0.717) is 5.56 Å². The van der Waals surface area contributed by atoms with Crippen LogP contribution in [0.1, 0.15) is 11.1 Å². The maximum absolute atomic E-state index is 13.1. The fraction of sp³-hybridized carbons (Fsp3) is 0.0370. The molecule has 4 aromatic carbocycles. The number of fused-ring (bicyclic) bond motifs is 1. The van der Waals surface area contributed by atoms with E-state index >= 15 is 0 Å². The smallest absolute Gasteiger partial charge is 0.318 e. The van der Waals surface area contributed by atoms with Gasteiger partial charge in [-0.05, 0) is 57.9 Å². The number of carbonyl (C=O) groups is 2. The maximum Gasteiger partial charge on any atom is 0.318 e.